The predicted octanol–water partition coefficient (Wildman–Crippen LogP) is 0.977. The van der Waals surface area contributed by atoms with Crippen molar-refractivity contribution in [2.45, 2.75) is 11.4 Å². The van der Waals surface area contributed by atoms with Crippen molar-refractivity contribution in [1.82, 2.24) is 4.31 Å². The van der Waals surface area contributed by atoms with Crippen LogP contribution < -0.4 is 4.90 Å². The zero-order valence-electron chi connectivity index (χ0n) is 12.0. The minimum Gasteiger partial charge on any atom is -0.328 e. The summed E-state index contributed by atoms with van der Waals surface area (Å²) in [7, 11) is -3.51. The molecule has 1 aromatic carbocycles. The second-order valence-corrected chi connectivity index (χ2v) is 8.33. The second-order valence-electron chi connectivity index (χ2n) is 5.36. The first-order valence-electron chi connectivity index (χ1n) is 7.17. The minimum atomic E-state index is -3.51. The van der Waals surface area contributed by atoms with E-state index >= 15 is 0 Å². The van der Waals surface area contributed by atoms with Crippen LogP contribution in [-0.4, -0.2) is 38.9 Å². The number of benzene rings is 1. The van der Waals surface area contributed by atoms with Crippen molar-refractivity contribution in [3.63, 3.8) is 0 Å². The third-order valence-electron chi connectivity index (χ3n) is 3.89. The quantitative estimate of drug-likeness (QED) is 0.901. The average molecular weight is 341 g/mol. The van der Waals surface area contributed by atoms with Crippen molar-refractivity contribution >= 4 is 21.4 Å². The zero-order valence-corrected chi connectivity index (χ0v) is 13.7. The molecule has 22 heavy (non-hydrogen) atoms. The maximum atomic E-state index is 12.9. The van der Waals surface area contributed by atoms with Crippen LogP contribution in [0.25, 0.3) is 0 Å². The van der Waals surface area contributed by atoms with Crippen LogP contribution in [0.3, 0.4) is 0 Å². The van der Waals surface area contributed by atoms with Gasteiger partial charge >= 0.3 is 0 Å². The van der Waals surface area contributed by atoms with Crippen LogP contribution in [0.5, 0.6) is 0 Å². The van der Waals surface area contributed by atoms with Crippen LogP contribution in [0.4, 0.5) is 4.39 Å². The van der Waals surface area contributed by atoms with Crippen molar-refractivity contribution in [3.8, 4) is 0 Å². The highest BCUT2D eigenvalue weighted by atomic mass is 32.2. The molecule has 0 spiro atoms. The summed E-state index contributed by atoms with van der Waals surface area (Å²) in [6, 6.07) is 9.18. The number of quaternary nitrogens is 1. The molecule has 0 bridgehead atoms. The largest absolute Gasteiger partial charge is 0.328 e. The molecule has 1 saturated heterocycles. The Balaban J connectivity index is 1.64. The van der Waals surface area contributed by atoms with E-state index in [-0.39, 0.29) is 4.90 Å². The molecular weight excluding hydrogens is 323 g/mol. The van der Waals surface area contributed by atoms with Gasteiger partial charge in [-0.1, -0.05) is 6.07 Å². The van der Waals surface area contributed by atoms with Crippen LogP contribution in [0.2, 0.25) is 0 Å². The molecule has 118 valence electrons. The number of hydrogen-bond acceptors (Lipinski definition) is 3. The van der Waals surface area contributed by atoms with Crippen LogP contribution >= 0.6 is 11.3 Å². The van der Waals surface area contributed by atoms with Crippen LogP contribution in [-0.2, 0) is 16.6 Å². The van der Waals surface area contributed by atoms with Gasteiger partial charge in [-0.05, 0) is 35.7 Å². The Morgan fingerprint density at radius 2 is 1.82 bits per heavy atom. The third kappa shape index (κ3) is 3.38. The van der Waals surface area contributed by atoms with E-state index in [1.54, 1.807) is 11.3 Å². The number of thiophene rings is 1. The van der Waals surface area contributed by atoms with Crippen molar-refractivity contribution in [2.24, 2.45) is 0 Å². The van der Waals surface area contributed by atoms with Gasteiger partial charge in [-0.25, -0.2) is 12.8 Å². The van der Waals surface area contributed by atoms with E-state index in [4.69, 9.17) is 0 Å². The molecule has 4 nitrogen and oxygen atoms in total. The van der Waals surface area contributed by atoms with Crippen LogP contribution in [0, 0.1) is 5.82 Å². The second kappa shape index (κ2) is 6.45. The van der Waals surface area contributed by atoms with Crippen molar-refractivity contribution in [3.05, 3.63) is 52.5 Å². The van der Waals surface area contributed by atoms with Gasteiger partial charge < -0.3 is 4.90 Å². The molecule has 1 aliphatic rings. The molecule has 1 fully saturated rings. The number of sulfonamides is 1. The lowest BCUT2D eigenvalue weighted by molar-refractivity contribution is -0.917. The summed E-state index contributed by atoms with van der Waals surface area (Å²) in [6.45, 7) is 3.53. The maximum Gasteiger partial charge on any atom is 0.243 e. The van der Waals surface area contributed by atoms with Crippen molar-refractivity contribution in [1.29, 1.82) is 0 Å². The molecule has 0 unspecified atom stereocenters. The molecule has 0 radical (unpaired) electrons. The van der Waals surface area contributed by atoms with E-state index in [0.717, 1.165) is 19.6 Å². The number of nitrogens with one attached hydrogen (secondary N) is 1. The van der Waals surface area contributed by atoms with Gasteiger partial charge in [-0.3, -0.25) is 0 Å². The fraction of sp³-hybridized carbons (Fsp3) is 0.333. The number of piperazine rings is 1. The molecule has 7 heteroatoms. The first-order chi connectivity index (χ1) is 10.6. The molecule has 1 aromatic heterocycles. The number of halogens is 1. The smallest absolute Gasteiger partial charge is 0.243 e. The summed E-state index contributed by atoms with van der Waals surface area (Å²) in [5.41, 5.74) is 0. The van der Waals surface area contributed by atoms with Gasteiger partial charge in [-0.15, -0.1) is 11.3 Å². The molecule has 1 aliphatic heterocycles. The number of nitrogens with zero attached hydrogens (tertiary/aromatic N) is 1. The number of rotatable bonds is 4. The van der Waals surface area contributed by atoms with Gasteiger partial charge in [0.15, 0.2) is 0 Å². The van der Waals surface area contributed by atoms with Crippen molar-refractivity contribution < 1.29 is 17.7 Å². The van der Waals surface area contributed by atoms with Gasteiger partial charge in [-0.2, -0.15) is 4.31 Å². The minimum absolute atomic E-state index is 0.163. The molecule has 0 saturated carbocycles. The molecule has 1 N–H and O–H groups in total. The van der Waals surface area contributed by atoms with E-state index in [0.29, 0.717) is 13.1 Å². The molecule has 3 rings (SSSR count). The summed E-state index contributed by atoms with van der Waals surface area (Å²) in [5, 5.41) is 2.06. The summed E-state index contributed by atoms with van der Waals surface area (Å²) in [6.07, 6.45) is 0. The lowest BCUT2D eigenvalue weighted by Crippen LogP contribution is -3.13. The van der Waals surface area contributed by atoms with E-state index in [1.807, 2.05) is 6.07 Å². The van der Waals surface area contributed by atoms with E-state index in [1.165, 1.54) is 38.3 Å². The van der Waals surface area contributed by atoms with Gasteiger partial charge in [0.05, 0.1) is 36.0 Å². The first-order valence-corrected chi connectivity index (χ1v) is 9.49. The highest BCUT2D eigenvalue weighted by Gasteiger charge is 2.30. The summed E-state index contributed by atoms with van der Waals surface area (Å²) < 4.78 is 39.5. The van der Waals surface area contributed by atoms with Gasteiger partial charge in [0, 0.05) is 0 Å². The fourth-order valence-electron chi connectivity index (χ4n) is 2.63. The van der Waals surface area contributed by atoms with Crippen LogP contribution in [0.1, 0.15) is 4.88 Å². The fourth-order valence-corrected chi connectivity index (χ4v) is 4.85. The average Bonchev–Trinajstić information content (AvgIpc) is 3.01. The first kappa shape index (κ1) is 15.6. The van der Waals surface area contributed by atoms with E-state index in [9.17, 15) is 12.8 Å². The van der Waals surface area contributed by atoms with E-state index < -0.39 is 15.8 Å². The molecule has 0 amide bonds. The Hall–Kier alpha value is -1.28. The highest BCUT2D eigenvalue weighted by Crippen LogP contribution is 2.16. The lowest BCUT2D eigenvalue weighted by atomic mass is 10.3. The maximum absolute atomic E-state index is 12.9. The Morgan fingerprint density at radius 3 is 2.41 bits per heavy atom. The highest BCUT2D eigenvalue weighted by molar-refractivity contribution is 7.89. The topological polar surface area (TPSA) is 41.8 Å². The lowest BCUT2D eigenvalue weighted by Gasteiger charge is -2.31. The molecule has 2 heterocycles. The predicted molar refractivity (Wildman–Crippen MR) is 83.9 cm³/mol. The summed E-state index contributed by atoms with van der Waals surface area (Å²) in [4.78, 5) is 2.88. The van der Waals surface area contributed by atoms with Gasteiger partial charge in [0.1, 0.15) is 12.4 Å². The zero-order chi connectivity index (χ0) is 15.6. The normalized spacial score (nSPS) is 17.7. The molecule has 0 aliphatic carbocycles. The number of hydrogen-bond donors (Lipinski definition) is 1. The SMILES string of the molecule is O=S(=O)(c1ccc(F)cc1)N1CC[NH+](Cc2cccs2)CC1. The molecule has 2 aromatic rings. The summed E-state index contributed by atoms with van der Waals surface area (Å²) in [5.74, 6) is -0.427. The standard InChI is InChI=1S/C15H17FN2O2S2/c16-13-3-5-15(6-4-13)22(19,20)18-9-7-17(8-10-18)12-14-2-1-11-21-14/h1-6,11H,7-10,12H2/p+1. The Labute approximate surface area is 133 Å². The summed E-state index contributed by atoms with van der Waals surface area (Å²) >= 11 is 1.73. The Morgan fingerprint density at radius 1 is 1.14 bits per heavy atom. The Bertz CT molecular complexity index is 707. The van der Waals surface area contributed by atoms with E-state index in [2.05, 4.69) is 11.4 Å². The van der Waals surface area contributed by atoms with Crippen molar-refractivity contribution in [2.75, 3.05) is 26.2 Å². The van der Waals surface area contributed by atoms with Crippen LogP contribution in [0.15, 0.2) is 46.7 Å². The molecular formula is C15H18FN2O2S2+. The van der Waals surface area contributed by atoms with Gasteiger partial charge in [0.2, 0.25) is 10.0 Å². The Kier molecular flexibility index (Phi) is 4.58. The monoisotopic (exact) mass is 341 g/mol. The van der Waals surface area contributed by atoms with Gasteiger partial charge in [0.25, 0.3) is 0 Å². The molecule has 0 atom stereocenters. The third-order valence-corrected chi connectivity index (χ3v) is 6.67.